The molecule has 4 aromatic carbocycles. The van der Waals surface area contributed by atoms with Crippen molar-refractivity contribution in [2.75, 3.05) is 77.2 Å². The summed E-state index contributed by atoms with van der Waals surface area (Å²) in [6.45, 7) is -0.396. The van der Waals surface area contributed by atoms with Gasteiger partial charge in [0.25, 0.3) is 0 Å². The number of thioether (sulfide) groups is 2. The second-order valence-electron chi connectivity index (χ2n) is 19.4. The number of nitrogens with zero attached hydrogens (tertiary/aromatic N) is 6. The van der Waals surface area contributed by atoms with Crippen molar-refractivity contribution in [3.05, 3.63) is 107 Å². The maximum atomic E-state index is 14.1. The van der Waals surface area contributed by atoms with Crippen LogP contribution in [-0.4, -0.2) is 168 Å². The number of fused-ring (bicyclic) bond motifs is 2. The summed E-state index contributed by atoms with van der Waals surface area (Å²) >= 11 is 3.05. The van der Waals surface area contributed by atoms with E-state index in [1.807, 2.05) is 36.8 Å². The van der Waals surface area contributed by atoms with Crippen molar-refractivity contribution < 1.29 is 45.5 Å². The molecule has 404 valence electrons. The molecule has 4 atom stereocenters. The molecule has 2 saturated heterocycles. The first kappa shape index (κ1) is 54.6. The quantitative estimate of drug-likeness (QED) is 0.0893. The van der Waals surface area contributed by atoms with Gasteiger partial charge in [-0.25, -0.2) is 36.4 Å². The molecule has 2 aromatic heterocycles. The van der Waals surface area contributed by atoms with Crippen LogP contribution in [0.25, 0.3) is 44.3 Å². The Kier molecular flexibility index (Phi) is 16.4. The second-order valence-corrected chi connectivity index (χ2v) is 25.3. The van der Waals surface area contributed by atoms with Gasteiger partial charge in [-0.1, -0.05) is 48.5 Å². The Bertz CT molecular complexity index is 3200. The fraction of sp³-hybridized carbons (Fsp3) is 0.423. The van der Waals surface area contributed by atoms with Crippen LogP contribution in [0.1, 0.15) is 58.8 Å². The summed E-state index contributed by atoms with van der Waals surface area (Å²) in [4.78, 5) is 72.5. The van der Waals surface area contributed by atoms with E-state index in [4.69, 9.17) is 19.4 Å². The standard InChI is InChI=1S/C52H62N10O10S4/c1-71-51(65)57-41(19-21-73-3)49(63)61-29-59(75(5,67)68)27-45(61)47-53-39-17-15-35(25-43(39)55-47)37-23-31-7-11-33(37)13-9-32-8-12-34(14-10-31)38(24-32)36-16-18-40-44(26-36)56-48(54-40)46-28-60(76(6,69)70)30-62(46)50(64)42(20-22-74-4)58-52(66)72-2/h7-8,11-12,15-18,23-26,41-42,45-46H,9-10,13-14,19-22,27-30H2,1-6H3,(H,53,55)(H,54,56)(H,57,65)(H,58,66)/t41-,42-,45-,46-/m0/s1. The Labute approximate surface area is 450 Å². The van der Waals surface area contributed by atoms with Crippen molar-refractivity contribution in [3.63, 3.8) is 0 Å². The highest BCUT2D eigenvalue weighted by molar-refractivity contribution is 7.98. The average molecular weight is 1120 g/mol. The number of alkyl carbamates (subject to hydrolysis) is 2. The summed E-state index contributed by atoms with van der Waals surface area (Å²) < 4.78 is 63.5. The number of carbonyl (C=O) groups is 4. The molecular weight excluding hydrogens is 1050 g/mol. The molecule has 12 rings (SSSR count). The number of H-pyrrole nitrogens is 2. The van der Waals surface area contributed by atoms with Crippen LogP contribution in [0, 0.1) is 0 Å². The maximum absolute atomic E-state index is 14.1. The maximum Gasteiger partial charge on any atom is 0.407 e. The van der Waals surface area contributed by atoms with E-state index < -0.39 is 68.2 Å². The van der Waals surface area contributed by atoms with Crippen molar-refractivity contribution in [1.29, 1.82) is 0 Å². The molecule has 4 amide bonds. The van der Waals surface area contributed by atoms with E-state index in [1.54, 1.807) is 0 Å². The second kappa shape index (κ2) is 22.8. The molecule has 6 aliphatic rings. The number of ether oxygens (including phenoxy) is 2. The molecule has 20 nitrogen and oxygen atoms in total. The van der Waals surface area contributed by atoms with Crippen molar-refractivity contribution in [1.82, 2.24) is 49.0 Å². The number of aryl methyl sites for hydroxylation is 4. The molecule has 2 fully saturated rings. The van der Waals surface area contributed by atoms with E-state index in [2.05, 4.69) is 69.1 Å². The third-order valence-electron chi connectivity index (χ3n) is 14.4. The highest BCUT2D eigenvalue weighted by atomic mass is 32.2. The van der Waals surface area contributed by atoms with Gasteiger partial charge in [0, 0.05) is 13.1 Å². The zero-order chi connectivity index (χ0) is 54.1. The first-order valence-corrected chi connectivity index (χ1v) is 31.3. The summed E-state index contributed by atoms with van der Waals surface area (Å²) in [5.41, 5.74) is 11.5. The Morgan fingerprint density at radius 1 is 0.618 bits per heavy atom. The SMILES string of the molecule is COC(=O)N[C@@H](CCSC)C(=O)N1CN(S(C)(=O)=O)C[C@H]1c1nc2cc(-c3cc4ccc3CCc3ccc(c(-c5ccc6[nH]c([C@@H]7CN(S(C)(=O)=O)CN7C(=O)[C@H](CCSC)NC(=O)OC)nc6c5)c3)CC4)ccc2[nH]1. The number of rotatable bonds is 16. The molecule has 76 heavy (non-hydrogen) atoms. The average Bonchev–Trinajstić information content (AvgIpc) is 4.23. The van der Waals surface area contributed by atoms with Crippen LogP contribution in [0.15, 0.2) is 72.8 Å². The van der Waals surface area contributed by atoms with E-state index in [0.29, 0.717) is 47.0 Å². The number of benzene rings is 4. The van der Waals surface area contributed by atoms with Crippen molar-refractivity contribution in [2.45, 2.75) is 62.7 Å². The Hall–Kier alpha value is -6.18. The fourth-order valence-corrected chi connectivity index (χ4v) is 12.6. The van der Waals surface area contributed by atoms with Gasteiger partial charge in [-0.05, 0) is 131 Å². The molecular formula is C52H62N10O10S4. The number of aromatic amines is 2. The lowest BCUT2D eigenvalue weighted by Crippen LogP contribution is -2.49. The number of aromatic nitrogens is 4. The number of nitrogens with one attached hydrogen (secondary N) is 4. The van der Waals surface area contributed by atoms with Crippen LogP contribution in [0.2, 0.25) is 0 Å². The molecule has 0 radical (unpaired) electrons. The van der Waals surface area contributed by atoms with Gasteiger partial charge < -0.3 is 39.9 Å². The van der Waals surface area contributed by atoms with Crippen LogP contribution < -0.4 is 10.6 Å². The summed E-state index contributed by atoms with van der Waals surface area (Å²) in [6.07, 6.45) is 8.14. The molecule has 24 heteroatoms. The zero-order valence-corrected chi connectivity index (χ0v) is 46.4. The molecule has 0 saturated carbocycles. The lowest BCUT2D eigenvalue weighted by molar-refractivity contribution is -0.135. The molecule has 4 heterocycles. The molecule has 4 aliphatic carbocycles. The first-order chi connectivity index (χ1) is 36.3. The van der Waals surface area contributed by atoms with Gasteiger partial charge >= 0.3 is 12.2 Å². The third-order valence-corrected chi connectivity index (χ3v) is 18.1. The van der Waals surface area contributed by atoms with E-state index >= 15 is 0 Å². The van der Waals surface area contributed by atoms with Gasteiger partial charge in [-0.3, -0.25) is 9.59 Å². The summed E-state index contributed by atoms with van der Waals surface area (Å²) in [7, 11) is -4.93. The minimum atomic E-state index is -3.69. The largest absolute Gasteiger partial charge is 0.453 e. The summed E-state index contributed by atoms with van der Waals surface area (Å²) in [5.74, 6) is 1.16. The van der Waals surface area contributed by atoms with Gasteiger partial charge in [0.05, 0.1) is 62.1 Å². The first-order valence-electron chi connectivity index (χ1n) is 24.8. The Balaban J connectivity index is 0.968. The normalized spacial score (nSPS) is 18.2. The topological polar surface area (TPSA) is 249 Å². The van der Waals surface area contributed by atoms with Crippen LogP contribution in [-0.2, 0) is 64.8 Å². The fourth-order valence-electron chi connectivity index (χ4n) is 10.2. The molecule has 6 aromatic rings. The van der Waals surface area contributed by atoms with E-state index in [0.717, 1.165) is 93.7 Å². The van der Waals surface area contributed by atoms with Gasteiger partial charge in [0.1, 0.15) is 35.8 Å². The van der Waals surface area contributed by atoms with E-state index in [1.165, 1.54) is 56.2 Å². The van der Waals surface area contributed by atoms with Crippen LogP contribution in [0.4, 0.5) is 9.59 Å². The van der Waals surface area contributed by atoms with Gasteiger partial charge in [0.2, 0.25) is 31.9 Å². The van der Waals surface area contributed by atoms with Crippen molar-refractivity contribution >= 4 is 89.6 Å². The minimum absolute atomic E-state index is 0.00641. The number of hydrogen-bond donors (Lipinski definition) is 4. The number of imidazole rings is 2. The molecule has 2 aliphatic heterocycles. The van der Waals surface area contributed by atoms with E-state index in [-0.39, 0.29) is 26.4 Å². The molecule has 4 bridgehead atoms. The predicted molar refractivity (Wildman–Crippen MR) is 295 cm³/mol. The van der Waals surface area contributed by atoms with Crippen LogP contribution in [0.3, 0.4) is 0 Å². The summed E-state index contributed by atoms with van der Waals surface area (Å²) in [5, 5.41) is 5.27. The number of hydrogen-bond acceptors (Lipinski definition) is 14. The molecule has 0 spiro atoms. The van der Waals surface area contributed by atoms with E-state index in [9.17, 15) is 36.0 Å². The van der Waals surface area contributed by atoms with Gasteiger partial charge in [-0.15, -0.1) is 0 Å². The van der Waals surface area contributed by atoms with Gasteiger partial charge in [-0.2, -0.15) is 32.1 Å². The summed E-state index contributed by atoms with van der Waals surface area (Å²) in [6, 6.07) is 22.0. The lowest BCUT2D eigenvalue weighted by Gasteiger charge is -2.27. The van der Waals surface area contributed by atoms with Crippen molar-refractivity contribution in [2.24, 2.45) is 0 Å². The van der Waals surface area contributed by atoms with Gasteiger partial charge in [0.15, 0.2) is 0 Å². The Morgan fingerprint density at radius 3 is 1.39 bits per heavy atom. The predicted octanol–water partition coefficient (Wildman–Crippen LogP) is 5.82. The highest BCUT2D eigenvalue weighted by Crippen LogP contribution is 2.37. The van der Waals surface area contributed by atoms with Crippen molar-refractivity contribution in [3.8, 4) is 22.3 Å². The molecule has 0 unspecified atom stereocenters. The van der Waals surface area contributed by atoms with Crippen LogP contribution in [0.5, 0.6) is 0 Å². The lowest BCUT2D eigenvalue weighted by atomic mass is 9.87. The number of amides is 4. The monoisotopic (exact) mass is 1110 g/mol. The highest BCUT2D eigenvalue weighted by Gasteiger charge is 2.44. The molecule has 4 N–H and O–H groups in total. The number of carbonyl (C=O) groups excluding carboxylic acids is 4. The number of methoxy groups -OCH3 is 2. The number of sulfonamides is 2. The Morgan fingerprint density at radius 2 is 1.03 bits per heavy atom. The zero-order valence-electron chi connectivity index (χ0n) is 43.1. The minimum Gasteiger partial charge on any atom is -0.453 e. The third kappa shape index (κ3) is 11.9. The van der Waals surface area contributed by atoms with Crippen LogP contribution >= 0.6 is 23.5 Å². The smallest absolute Gasteiger partial charge is 0.407 e.